The first-order chi connectivity index (χ1) is 12.4. The van der Waals surface area contributed by atoms with E-state index < -0.39 is 41.0 Å². The second kappa shape index (κ2) is 7.25. The van der Waals surface area contributed by atoms with E-state index in [1.807, 2.05) is 5.32 Å². The summed E-state index contributed by atoms with van der Waals surface area (Å²) in [5.74, 6) is -1.70. The monoisotopic (exact) mass is 391 g/mol. The average molecular weight is 391 g/mol. The molecule has 5 nitrogen and oxygen atoms in total. The van der Waals surface area contributed by atoms with Crippen LogP contribution in [0.5, 0.6) is 0 Å². The molecule has 2 amide bonds. The number of nitrogens with one attached hydrogen (secondary N) is 2. The van der Waals surface area contributed by atoms with Gasteiger partial charge in [-0.25, -0.2) is 4.98 Å². The van der Waals surface area contributed by atoms with Crippen molar-refractivity contribution in [3.05, 3.63) is 58.9 Å². The van der Waals surface area contributed by atoms with Crippen LogP contribution in [-0.2, 0) is 12.4 Å². The van der Waals surface area contributed by atoms with E-state index in [2.05, 4.69) is 10.3 Å². The van der Waals surface area contributed by atoms with Gasteiger partial charge in [0.25, 0.3) is 11.8 Å². The normalized spacial score (nSPS) is 11.8. The Bertz CT molecular complexity index is 845. The van der Waals surface area contributed by atoms with Crippen molar-refractivity contribution >= 4 is 17.5 Å². The second-order valence-electron chi connectivity index (χ2n) is 5.24. The number of rotatable bonds is 3. The van der Waals surface area contributed by atoms with Gasteiger partial charge in [-0.3, -0.25) is 9.59 Å². The lowest BCUT2D eigenvalue weighted by Gasteiger charge is -2.14. The number of carbonyl (C=O) groups excluding carboxylic acids is 2. The molecule has 0 fully saturated rings. The van der Waals surface area contributed by atoms with Crippen LogP contribution in [-0.4, -0.2) is 23.8 Å². The predicted octanol–water partition coefficient (Wildman–Crippen LogP) is 3.73. The third-order valence-corrected chi connectivity index (χ3v) is 3.29. The number of pyridine rings is 1. The highest BCUT2D eigenvalue weighted by molar-refractivity contribution is 6.04. The van der Waals surface area contributed by atoms with Crippen LogP contribution in [0, 0.1) is 0 Å². The van der Waals surface area contributed by atoms with Crippen LogP contribution in [0.1, 0.15) is 32.1 Å². The van der Waals surface area contributed by atoms with Gasteiger partial charge < -0.3 is 10.6 Å². The van der Waals surface area contributed by atoms with Crippen molar-refractivity contribution in [2.45, 2.75) is 12.4 Å². The number of carbonyl (C=O) groups is 2. The first-order valence-electron chi connectivity index (χ1n) is 7.22. The molecule has 0 aliphatic rings. The van der Waals surface area contributed by atoms with Gasteiger partial charge in [0, 0.05) is 12.7 Å². The minimum atomic E-state index is -5.04. The zero-order valence-electron chi connectivity index (χ0n) is 13.5. The molecule has 0 unspecified atom stereocenters. The molecule has 27 heavy (non-hydrogen) atoms. The maximum Gasteiger partial charge on any atom is 0.416 e. The Labute approximate surface area is 148 Å². The Kier molecular flexibility index (Phi) is 5.43. The molecule has 2 aromatic rings. The van der Waals surface area contributed by atoms with Crippen molar-refractivity contribution in [2.75, 3.05) is 12.4 Å². The van der Waals surface area contributed by atoms with Crippen molar-refractivity contribution in [1.82, 2.24) is 10.3 Å². The number of hydrogen-bond donors (Lipinski definition) is 2. The van der Waals surface area contributed by atoms with Crippen LogP contribution >= 0.6 is 0 Å². The SMILES string of the molecule is CNC(=O)c1cccc(C(=O)Nc2cc(C(F)(F)F)cc(C(F)(F)F)c2)n1. The number of halogens is 6. The molecular weight excluding hydrogens is 380 g/mol. The molecule has 0 atom stereocenters. The van der Waals surface area contributed by atoms with E-state index in [-0.39, 0.29) is 17.5 Å². The zero-order valence-corrected chi connectivity index (χ0v) is 13.5. The van der Waals surface area contributed by atoms with E-state index in [1.54, 1.807) is 0 Å². The fourth-order valence-electron chi connectivity index (χ4n) is 2.04. The number of benzene rings is 1. The third kappa shape index (κ3) is 4.96. The summed E-state index contributed by atoms with van der Waals surface area (Å²) in [4.78, 5) is 27.3. The molecule has 0 aliphatic heterocycles. The van der Waals surface area contributed by atoms with E-state index in [4.69, 9.17) is 0 Å². The molecule has 1 aromatic heterocycles. The molecule has 0 spiro atoms. The first-order valence-corrected chi connectivity index (χ1v) is 7.22. The lowest BCUT2D eigenvalue weighted by atomic mass is 10.1. The van der Waals surface area contributed by atoms with Crippen molar-refractivity contribution < 1.29 is 35.9 Å². The predicted molar refractivity (Wildman–Crippen MR) is 82.0 cm³/mol. The number of amides is 2. The fourth-order valence-corrected chi connectivity index (χ4v) is 2.04. The first kappa shape index (κ1) is 20.2. The molecule has 0 bridgehead atoms. The van der Waals surface area contributed by atoms with E-state index >= 15 is 0 Å². The van der Waals surface area contributed by atoms with Crippen molar-refractivity contribution in [1.29, 1.82) is 0 Å². The summed E-state index contributed by atoms with van der Waals surface area (Å²) in [5.41, 5.74) is -4.36. The summed E-state index contributed by atoms with van der Waals surface area (Å²) in [6.45, 7) is 0. The molecular formula is C16H11F6N3O2. The van der Waals surface area contributed by atoms with Gasteiger partial charge in [0.05, 0.1) is 11.1 Å². The van der Waals surface area contributed by atoms with Gasteiger partial charge in [-0.2, -0.15) is 26.3 Å². The number of nitrogens with zero attached hydrogens (tertiary/aromatic N) is 1. The number of hydrogen-bond acceptors (Lipinski definition) is 3. The van der Waals surface area contributed by atoms with Gasteiger partial charge in [0.1, 0.15) is 11.4 Å². The third-order valence-electron chi connectivity index (χ3n) is 3.29. The van der Waals surface area contributed by atoms with E-state index in [1.165, 1.54) is 19.2 Å². The van der Waals surface area contributed by atoms with Gasteiger partial charge in [-0.05, 0) is 30.3 Å². The van der Waals surface area contributed by atoms with Gasteiger partial charge in [-0.15, -0.1) is 0 Å². The molecule has 0 saturated heterocycles. The van der Waals surface area contributed by atoms with Crippen LogP contribution < -0.4 is 10.6 Å². The highest BCUT2D eigenvalue weighted by atomic mass is 19.4. The van der Waals surface area contributed by atoms with E-state index in [9.17, 15) is 35.9 Å². The Morgan fingerprint density at radius 3 is 1.78 bits per heavy atom. The molecule has 1 heterocycles. The molecule has 144 valence electrons. The summed E-state index contributed by atoms with van der Waals surface area (Å²) >= 11 is 0. The van der Waals surface area contributed by atoms with Gasteiger partial charge in [0.2, 0.25) is 0 Å². The van der Waals surface area contributed by atoms with Gasteiger partial charge in [0.15, 0.2) is 0 Å². The second-order valence-corrected chi connectivity index (χ2v) is 5.24. The van der Waals surface area contributed by atoms with Crippen LogP contribution in [0.2, 0.25) is 0 Å². The summed E-state index contributed by atoms with van der Waals surface area (Å²) in [6.07, 6.45) is -10.1. The summed E-state index contributed by atoms with van der Waals surface area (Å²) in [6, 6.07) is 4.41. The van der Waals surface area contributed by atoms with E-state index in [0.29, 0.717) is 12.1 Å². The molecule has 11 heteroatoms. The van der Waals surface area contributed by atoms with Crippen molar-refractivity contribution in [3.8, 4) is 0 Å². The maximum absolute atomic E-state index is 12.8. The molecule has 0 aliphatic carbocycles. The van der Waals surface area contributed by atoms with Gasteiger partial charge in [-0.1, -0.05) is 6.07 Å². The fraction of sp³-hybridized carbons (Fsp3) is 0.188. The van der Waals surface area contributed by atoms with Crippen molar-refractivity contribution in [3.63, 3.8) is 0 Å². The topological polar surface area (TPSA) is 71.1 Å². The Morgan fingerprint density at radius 1 is 0.852 bits per heavy atom. The quantitative estimate of drug-likeness (QED) is 0.784. The molecule has 0 saturated carbocycles. The van der Waals surface area contributed by atoms with Crippen LogP contribution in [0.25, 0.3) is 0 Å². The summed E-state index contributed by atoms with van der Waals surface area (Å²) in [7, 11) is 1.32. The lowest BCUT2D eigenvalue weighted by Crippen LogP contribution is -2.22. The molecule has 2 rings (SSSR count). The maximum atomic E-state index is 12.8. The number of anilines is 1. The van der Waals surface area contributed by atoms with Crippen molar-refractivity contribution in [2.24, 2.45) is 0 Å². The summed E-state index contributed by atoms with van der Waals surface area (Å²) in [5, 5.41) is 4.20. The highest BCUT2D eigenvalue weighted by Crippen LogP contribution is 2.37. The highest BCUT2D eigenvalue weighted by Gasteiger charge is 2.37. The Balaban J connectivity index is 2.39. The minimum absolute atomic E-state index is 0.0554. The smallest absolute Gasteiger partial charge is 0.354 e. The van der Waals surface area contributed by atoms with Crippen LogP contribution in [0.3, 0.4) is 0 Å². The van der Waals surface area contributed by atoms with Crippen LogP contribution in [0.4, 0.5) is 32.0 Å². The zero-order chi connectivity index (χ0) is 20.4. The largest absolute Gasteiger partial charge is 0.416 e. The summed E-state index contributed by atoms with van der Waals surface area (Å²) < 4.78 is 77.0. The lowest BCUT2D eigenvalue weighted by molar-refractivity contribution is -0.143. The Morgan fingerprint density at radius 2 is 1.33 bits per heavy atom. The van der Waals surface area contributed by atoms with E-state index in [0.717, 1.165) is 6.07 Å². The molecule has 0 radical (unpaired) electrons. The van der Waals surface area contributed by atoms with Gasteiger partial charge >= 0.3 is 12.4 Å². The van der Waals surface area contributed by atoms with Crippen LogP contribution in [0.15, 0.2) is 36.4 Å². The number of aromatic nitrogens is 1. The standard InChI is InChI=1S/C16H11F6N3O2/c1-23-13(26)11-3-2-4-12(25-11)14(27)24-10-6-8(15(17,18)19)5-9(7-10)16(20,21)22/h2-7H,1H3,(H,23,26)(H,24,27). The average Bonchev–Trinajstić information content (AvgIpc) is 2.59. The number of alkyl halides is 6. The Hall–Kier alpha value is -3.11. The minimum Gasteiger partial charge on any atom is -0.354 e. The molecule has 2 N–H and O–H groups in total. The molecule has 1 aromatic carbocycles.